The number of H-pyrrole nitrogens is 2. The summed E-state index contributed by atoms with van der Waals surface area (Å²) in [5.41, 5.74) is 5.29. The predicted octanol–water partition coefficient (Wildman–Crippen LogP) is 7.22. The lowest BCUT2D eigenvalue weighted by atomic mass is 9.86. The number of aliphatic hydroxyl groups is 2. The number of Topliss-reactive ketones (excluding diaryl/α,β-unsaturated/α-hetero) is 2. The zero-order valence-corrected chi connectivity index (χ0v) is 21.1. The van der Waals surface area contributed by atoms with Crippen LogP contribution in [-0.2, 0) is 9.59 Å². The second-order valence-corrected chi connectivity index (χ2v) is 9.48. The number of hydrogen-bond acceptors (Lipinski definition) is 4. The molecule has 5 rings (SSSR count). The Morgan fingerprint density at radius 1 is 0.711 bits per heavy atom. The second-order valence-electron chi connectivity index (χ2n) is 9.48. The van der Waals surface area contributed by atoms with Gasteiger partial charge in [0.2, 0.25) is 11.6 Å². The van der Waals surface area contributed by atoms with Gasteiger partial charge in [-0.05, 0) is 37.1 Å². The molecule has 0 amide bonds. The van der Waals surface area contributed by atoms with Crippen molar-refractivity contribution in [2.45, 2.75) is 13.8 Å². The van der Waals surface area contributed by atoms with Crippen LogP contribution < -0.4 is 0 Å². The topological polar surface area (TPSA) is 106 Å². The van der Waals surface area contributed by atoms with Gasteiger partial charge >= 0.3 is 0 Å². The molecule has 1 aliphatic carbocycles. The summed E-state index contributed by atoms with van der Waals surface area (Å²) in [6.07, 6.45) is 10.7. The van der Waals surface area contributed by atoms with Crippen LogP contribution in [0.1, 0.15) is 36.1 Å². The average molecular weight is 503 g/mol. The fourth-order valence-electron chi connectivity index (χ4n) is 4.56. The molecule has 0 saturated heterocycles. The van der Waals surface area contributed by atoms with Crippen molar-refractivity contribution in [2.75, 3.05) is 0 Å². The third-order valence-electron chi connectivity index (χ3n) is 6.43. The first-order chi connectivity index (χ1) is 18.2. The smallest absolute Gasteiger partial charge is 0.232 e. The molecule has 38 heavy (non-hydrogen) atoms. The summed E-state index contributed by atoms with van der Waals surface area (Å²) in [6.45, 7) is 11.5. The van der Waals surface area contributed by atoms with E-state index in [1.54, 1.807) is 24.5 Å². The van der Waals surface area contributed by atoms with Crippen molar-refractivity contribution in [3.05, 3.63) is 119 Å². The van der Waals surface area contributed by atoms with Crippen molar-refractivity contribution < 1.29 is 19.8 Å². The molecule has 0 spiro atoms. The Balaban J connectivity index is 1.55. The minimum atomic E-state index is -0.820. The molecule has 0 radical (unpaired) electrons. The maximum Gasteiger partial charge on any atom is 0.232 e. The molecule has 0 aliphatic heterocycles. The van der Waals surface area contributed by atoms with Gasteiger partial charge < -0.3 is 20.2 Å². The molecule has 0 saturated carbocycles. The summed E-state index contributed by atoms with van der Waals surface area (Å²) in [4.78, 5) is 32.9. The van der Waals surface area contributed by atoms with E-state index in [-0.39, 0.29) is 11.1 Å². The van der Waals surface area contributed by atoms with E-state index >= 15 is 0 Å². The van der Waals surface area contributed by atoms with Gasteiger partial charge in [0.05, 0.1) is 11.1 Å². The third-order valence-corrected chi connectivity index (χ3v) is 6.43. The Kier molecular flexibility index (Phi) is 6.09. The average Bonchev–Trinajstić information content (AvgIpc) is 3.49. The molecule has 0 atom stereocenters. The molecule has 4 aromatic rings. The maximum absolute atomic E-state index is 13.4. The van der Waals surface area contributed by atoms with E-state index in [1.807, 2.05) is 62.4 Å². The Labute approximate surface area is 219 Å². The number of nitrogens with one attached hydrogen (secondary N) is 2. The molecule has 2 aromatic carbocycles. The van der Waals surface area contributed by atoms with E-state index in [0.29, 0.717) is 32.9 Å². The highest BCUT2D eigenvalue weighted by Crippen LogP contribution is 2.38. The molecule has 2 aromatic heterocycles. The number of carbonyl (C=O) groups excluding carboxylic acids is 2. The molecule has 0 unspecified atom stereocenters. The molecule has 2 heterocycles. The van der Waals surface area contributed by atoms with Gasteiger partial charge in [-0.25, -0.2) is 0 Å². The van der Waals surface area contributed by atoms with Gasteiger partial charge in [-0.3, -0.25) is 9.59 Å². The largest absolute Gasteiger partial charge is 0.504 e. The van der Waals surface area contributed by atoms with Crippen LogP contribution in [0.15, 0.2) is 96.8 Å². The van der Waals surface area contributed by atoms with E-state index in [0.717, 1.165) is 22.3 Å². The summed E-state index contributed by atoms with van der Waals surface area (Å²) >= 11 is 0. The van der Waals surface area contributed by atoms with Crippen molar-refractivity contribution in [1.82, 2.24) is 9.97 Å². The number of aromatic nitrogens is 2. The first-order valence-corrected chi connectivity index (χ1v) is 12.0. The first-order valence-electron chi connectivity index (χ1n) is 12.0. The van der Waals surface area contributed by atoms with E-state index in [1.165, 1.54) is 0 Å². The number of hydrogen-bond donors (Lipinski definition) is 4. The number of aromatic amines is 2. The van der Waals surface area contributed by atoms with Gasteiger partial charge in [0.25, 0.3) is 0 Å². The minimum Gasteiger partial charge on any atom is -0.504 e. The summed E-state index contributed by atoms with van der Waals surface area (Å²) in [5.74, 6) is -3.05. The maximum atomic E-state index is 13.4. The SMILES string of the molecule is C=C(C)C=Cc1ccc2c(C3=C(O)C(=O)C(c4c[nH]c5cc(C=CC(=C)C)ccc45)=C(O)C3=O)c[nH]c2c1. The Hall–Kier alpha value is -5.10. The van der Waals surface area contributed by atoms with Crippen molar-refractivity contribution >= 4 is 56.7 Å². The van der Waals surface area contributed by atoms with Crippen LogP contribution >= 0.6 is 0 Å². The molecule has 4 N–H and O–H groups in total. The summed E-state index contributed by atoms with van der Waals surface area (Å²) in [5, 5.41) is 23.2. The number of ketones is 2. The highest BCUT2D eigenvalue weighted by Gasteiger charge is 2.38. The van der Waals surface area contributed by atoms with Crippen molar-refractivity contribution in [2.24, 2.45) is 0 Å². The van der Waals surface area contributed by atoms with Crippen LogP contribution in [0, 0.1) is 0 Å². The molecule has 0 bridgehead atoms. The quantitative estimate of drug-likeness (QED) is 0.165. The van der Waals surface area contributed by atoms with Crippen LogP contribution in [-0.4, -0.2) is 31.7 Å². The lowest BCUT2D eigenvalue weighted by Gasteiger charge is -2.17. The molecular formula is C32H26N2O4. The summed E-state index contributed by atoms with van der Waals surface area (Å²) in [6, 6.07) is 11.1. The molecule has 6 heteroatoms. The van der Waals surface area contributed by atoms with E-state index < -0.39 is 23.1 Å². The van der Waals surface area contributed by atoms with Gasteiger partial charge in [-0.1, -0.05) is 72.9 Å². The number of aliphatic hydroxyl groups excluding tert-OH is 2. The molecule has 188 valence electrons. The lowest BCUT2D eigenvalue weighted by molar-refractivity contribution is -0.116. The number of allylic oxidation sites excluding steroid dienone is 6. The van der Waals surface area contributed by atoms with Crippen LogP contribution in [0.2, 0.25) is 0 Å². The standard InChI is InChI=1S/C32H26N2O4/c1-17(2)5-7-19-9-11-21-23(15-33-25(21)13-19)27-29(35)31(37)28(32(38)30(27)36)24-16-34-26-14-20(8-6-18(3)4)10-12-22(24)26/h5-16,33-35,38H,1,3H2,2,4H3. The summed E-state index contributed by atoms with van der Waals surface area (Å²) in [7, 11) is 0. The van der Waals surface area contributed by atoms with Crippen LogP contribution in [0.4, 0.5) is 0 Å². The lowest BCUT2D eigenvalue weighted by Crippen LogP contribution is -2.22. The highest BCUT2D eigenvalue weighted by molar-refractivity contribution is 6.48. The van der Waals surface area contributed by atoms with Crippen molar-refractivity contribution in [3.8, 4) is 0 Å². The van der Waals surface area contributed by atoms with Crippen LogP contribution in [0.25, 0.3) is 45.1 Å². The van der Waals surface area contributed by atoms with E-state index in [2.05, 4.69) is 23.1 Å². The Morgan fingerprint density at radius 2 is 1.11 bits per heavy atom. The number of carbonyl (C=O) groups is 2. The fraction of sp³-hybridized carbons (Fsp3) is 0.0625. The minimum absolute atomic E-state index is 0.236. The van der Waals surface area contributed by atoms with E-state index in [9.17, 15) is 19.8 Å². The number of benzene rings is 2. The van der Waals surface area contributed by atoms with Gasteiger partial charge in [0.15, 0.2) is 11.5 Å². The number of fused-ring (bicyclic) bond motifs is 2. The summed E-state index contributed by atoms with van der Waals surface area (Å²) < 4.78 is 0. The molecule has 1 aliphatic rings. The van der Waals surface area contributed by atoms with Gasteiger partial charge in [0.1, 0.15) is 0 Å². The molecule has 0 fully saturated rings. The van der Waals surface area contributed by atoms with Gasteiger partial charge in [-0.15, -0.1) is 0 Å². The first kappa shape index (κ1) is 24.6. The fourth-order valence-corrected chi connectivity index (χ4v) is 4.56. The zero-order valence-electron chi connectivity index (χ0n) is 21.1. The third kappa shape index (κ3) is 4.22. The predicted molar refractivity (Wildman–Crippen MR) is 153 cm³/mol. The normalized spacial score (nSPS) is 14.7. The number of rotatable bonds is 6. The molecular weight excluding hydrogens is 476 g/mol. The van der Waals surface area contributed by atoms with Crippen LogP contribution in [0.5, 0.6) is 0 Å². The Bertz CT molecular complexity index is 1680. The monoisotopic (exact) mass is 502 g/mol. The van der Waals surface area contributed by atoms with Gasteiger partial charge in [-0.2, -0.15) is 0 Å². The van der Waals surface area contributed by atoms with Gasteiger partial charge in [0, 0.05) is 45.3 Å². The second kappa shape index (κ2) is 9.41. The van der Waals surface area contributed by atoms with Crippen molar-refractivity contribution in [3.63, 3.8) is 0 Å². The molecule has 6 nitrogen and oxygen atoms in total. The Morgan fingerprint density at radius 3 is 1.47 bits per heavy atom. The van der Waals surface area contributed by atoms with E-state index in [4.69, 9.17) is 0 Å². The van der Waals surface area contributed by atoms with Crippen molar-refractivity contribution in [1.29, 1.82) is 0 Å². The zero-order chi connectivity index (χ0) is 27.1. The highest BCUT2D eigenvalue weighted by atomic mass is 16.3. The van der Waals surface area contributed by atoms with Crippen LogP contribution in [0.3, 0.4) is 0 Å².